The minimum absolute atomic E-state index is 0.0703. The van der Waals surface area contributed by atoms with E-state index < -0.39 is 0 Å². The number of carbonyl (C=O) groups is 1. The van der Waals surface area contributed by atoms with Crippen LogP contribution in [0.4, 0.5) is 5.13 Å². The van der Waals surface area contributed by atoms with Gasteiger partial charge in [-0.1, -0.05) is 19.0 Å². The van der Waals surface area contributed by atoms with Crippen LogP contribution in [0.5, 0.6) is 0 Å². The molecule has 2 heterocycles. The molecule has 0 saturated heterocycles. The van der Waals surface area contributed by atoms with Crippen molar-refractivity contribution in [3.8, 4) is 0 Å². The van der Waals surface area contributed by atoms with Gasteiger partial charge in [-0.25, -0.2) is 4.98 Å². The predicted octanol–water partition coefficient (Wildman–Crippen LogP) is 4.76. The van der Waals surface area contributed by atoms with Gasteiger partial charge in [0.25, 0.3) is 5.91 Å². The Labute approximate surface area is 148 Å². The number of thiazole rings is 1. The lowest BCUT2D eigenvalue weighted by atomic mass is 9.72. The summed E-state index contributed by atoms with van der Waals surface area (Å²) in [5.74, 6) is -0.189. The van der Waals surface area contributed by atoms with E-state index in [0.717, 1.165) is 35.0 Å². The van der Waals surface area contributed by atoms with E-state index >= 15 is 0 Å². The molecule has 1 amide bonds. The number of nitrogens with zero attached hydrogens (tertiary/aromatic N) is 2. The van der Waals surface area contributed by atoms with Crippen molar-refractivity contribution in [3.05, 3.63) is 51.5 Å². The summed E-state index contributed by atoms with van der Waals surface area (Å²) in [5, 5.41) is 9.47. The predicted molar refractivity (Wildman–Crippen MR) is 99.2 cm³/mol. The number of rotatable bonds is 3. The molecule has 2 N–H and O–H groups in total. The molecule has 1 unspecified atom stereocenters. The van der Waals surface area contributed by atoms with Gasteiger partial charge in [0.15, 0.2) is 5.13 Å². The second kappa shape index (κ2) is 5.77. The third kappa shape index (κ3) is 2.64. The number of amides is 1. The van der Waals surface area contributed by atoms with Crippen LogP contribution in [0, 0.1) is 4.91 Å². The van der Waals surface area contributed by atoms with Gasteiger partial charge in [-0.05, 0) is 42.0 Å². The Morgan fingerprint density at radius 2 is 2.28 bits per heavy atom. The molecule has 0 aliphatic heterocycles. The second-order valence-corrected chi connectivity index (χ2v) is 7.90. The summed E-state index contributed by atoms with van der Waals surface area (Å²) in [6.45, 7) is 4.34. The van der Waals surface area contributed by atoms with Gasteiger partial charge in [0.2, 0.25) is 0 Å². The second-order valence-electron chi connectivity index (χ2n) is 7.01. The number of aromatic amines is 1. The molecule has 25 heavy (non-hydrogen) atoms. The van der Waals surface area contributed by atoms with Crippen molar-refractivity contribution in [2.45, 2.75) is 38.1 Å². The highest BCUT2D eigenvalue weighted by Gasteiger charge is 2.36. The zero-order chi connectivity index (χ0) is 17.6. The third-order valence-electron chi connectivity index (χ3n) is 4.92. The van der Waals surface area contributed by atoms with E-state index in [1.807, 2.05) is 17.5 Å². The van der Waals surface area contributed by atoms with Gasteiger partial charge in [-0.3, -0.25) is 10.1 Å². The van der Waals surface area contributed by atoms with E-state index in [2.05, 4.69) is 34.3 Å². The highest BCUT2D eigenvalue weighted by Crippen LogP contribution is 2.46. The van der Waals surface area contributed by atoms with Crippen molar-refractivity contribution < 1.29 is 4.79 Å². The fourth-order valence-corrected chi connectivity index (χ4v) is 4.18. The molecule has 0 fully saturated rings. The summed E-state index contributed by atoms with van der Waals surface area (Å²) < 4.78 is 0. The van der Waals surface area contributed by atoms with Crippen LogP contribution in [0.2, 0.25) is 0 Å². The third-order valence-corrected chi connectivity index (χ3v) is 5.61. The monoisotopic (exact) mass is 354 g/mol. The van der Waals surface area contributed by atoms with Crippen molar-refractivity contribution in [2.75, 3.05) is 5.32 Å². The summed E-state index contributed by atoms with van der Waals surface area (Å²) in [5.41, 5.74) is 3.42. The van der Waals surface area contributed by atoms with E-state index in [9.17, 15) is 9.70 Å². The molecular weight excluding hydrogens is 336 g/mol. The maximum absolute atomic E-state index is 12.5. The van der Waals surface area contributed by atoms with Crippen LogP contribution in [0.3, 0.4) is 0 Å². The van der Waals surface area contributed by atoms with Gasteiger partial charge < -0.3 is 4.98 Å². The largest absolute Gasteiger partial charge is 0.356 e. The number of nitrogens with one attached hydrogen (secondary N) is 2. The normalized spacial score (nSPS) is 18.7. The molecule has 128 valence electrons. The van der Waals surface area contributed by atoms with E-state index in [0.29, 0.717) is 10.7 Å². The molecule has 0 bridgehead atoms. The molecule has 2 aromatic heterocycles. The minimum atomic E-state index is -0.344. The Balaban J connectivity index is 1.80. The first-order valence-corrected chi connectivity index (χ1v) is 9.07. The van der Waals surface area contributed by atoms with Gasteiger partial charge in [0, 0.05) is 33.7 Å². The van der Waals surface area contributed by atoms with Crippen molar-refractivity contribution in [2.24, 2.45) is 5.18 Å². The molecule has 1 atom stereocenters. The van der Waals surface area contributed by atoms with Crippen LogP contribution < -0.4 is 5.32 Å². The van der Waals surface area contributed by atoms with Gasteiger partial charge in [-0.2, -0.15) is 4.91 Å². The number of H-pyrrole nitrogens is 1. The van der Waals surface area contributed by atoms with Crippen LogP contribution in [-0.4, -0.2) is 15.9 Å². The zero-order valence-electron chi connectivity index (χ0n) is 14.0. The van der Waals surface area contributed by atoms with Crippen LogP contribution >= 0.6 is 11.3 Å². The smallest absolute Gasteiger partial charge is 0.257 e. The Morgan fingerprint density at radius 1 is 1.44 bits per heavy atom. The Bertz CT molecular complexity index is 959. The molecule has 1 aromatic carbocycles. The summed E-state index contributed by atoms with van der Waals surface area (Å²) in [4.78, 5) is 31.2. The molecule has 6 nitrogen and oxygen atoms in total. The number of benzene rings is 1. The topological polar surface area (TPSA) is 87.2 Å². The Morgan fingerprint density at radius 3 is 3.00 bits per heavy atom. The first-order valence-electron chi connectivity index (χ1n) is 8.19. The van der Waals surface area contributed by atoms with Crippen molar-refractivity contribution in [3.63, 3.8) is 0 Å². The molecule has 0 radical (unpaired) electrons. The summed E-state index contributed by atoms with van der Waals surface area (Å²) in [7, 11) is 0. The van der Waals surface area contributed by atoms with Crippen LogP contribution in [0.15, 0.2) is 35.0 Å². The number of nitroso groups, excluding NO2 is 1. The molecule has 0 spiro atoms. The number of hydrogen-bond acceptors (Lipinski definition) is 5. The number of carbonyl (C=O) groups excluding carboxylic acids is 1. The number of hydrogen-bond donors (Lipinski definition) is 2. The zero-order valence-corrected chi connectivity index (χ0v) is 14.8. The number of aromatic nitrogens is 2. The van der Waals surface area contributed by atoms with E-state index in [4.69, 9.17) is 0 Å². The van der Waals surface area contributed by atoms with E-state index in [-0.39, 0.29) is 17.4 Å². The molecule has 1 aliphatic rings. The Hall–Kier alpha value is -2.54. The molecule has 7 heteroatoms. The highest BCUT2D eigenvalue weighted by molar-refractivity contribution is 7.13. The lowest BCUT2D eigenvalue weighted by Gasteiger charge is -2.32. The molecule has 3 aromatic rings. The summed E-state index contributed by atoms with van der Waals surface area (Å²) in [6.07, 6.45) is 3.29. The summed E-state index contributed by atoms with van der Waals surface area (Å²) in [6, 6.07) is 5.22. The minimum Gasteiger partial charge on any atom is -0.356 e. The van der Waals surface area contributed by atoms with E-state index in [1.165, 1.54) is 11.3 Å². The average molecular weight is 354 g/mol. The summed E-state index contributed by atoms with van der Waals surface area (Å²) >= 11 is 1.38. The van der Waals surface area contributed by atoms with Gasteiger partial charge in [-0.15, -0.1) is 11.3 Å². The Kier molecular flexibility index (Phi) is 3.68. The van der Waals surface area contributed by atoms with Crippen LogP contribution in [-0.2, 0) is 5.41 Å². The lowest BCUT2D eigenvalue weighted by molar-refractivity contribution is 0.102. The highest BCUT2D eigenvalue weighted by atomic mass is 32.1. The fraction of sp³-hybridized carbons (Fsp3) is 0.333. The van der Waals surface area contributed by atoms with Crippen LogP contribution in [0.1, 0.15) is 54.3 Å². The molecular formula is C18H18N4O2S. The average Bonchev–Trinajstić information content (AvgIpc) is 3.21. The molecule has 1 aliphatic carbocycles. The maximum Gasteiger partial charge on any atom is 0.257 e. The molecule has 0 saturated carbocycles. The first kappa shape index (κ1) is 16.0. The maximum atomic E-state index is 12.5. The van der Waals surface area contributed by atoms with Gasteiger partial charge >= 0.3 is 0 Å². The van der Waals surface area contributed by atoms with Crippen molar-refractivity contribution in [1.29, 1.82) is 0 Å². The van der Waals surface area contributed by atoms with Crippen LogP contribution in [0.25, 0.3) is 10.9 Å². The molecule has 4 rings (SSSR count). The van der Waals surface area contributed by atoms with E-state index in [1.54, 1.807) is 12.3 Å². The number of fused-ring (bicyclic) bond motifs is 3. The van der Waals surface area contributed by atoms with Gasteiger partial charge in [0.05, 0.1) is 0 Å². The van der Waals surface area contributed by atoms with Crippen molar-refractivity contribution in [1.82, 2.24) is 9.97 Å². The quantitative estimate of drug-likeness (QED) is 0.665. The van der Waals surface area contributed by atoms with Crippen molar-refractivity contribution >= 4 is 33.3 Å². The standard InChI is InChI=1S/C18H18N4O2S/c1-18(2)6-5-13(22-24)15-14(18)11-9-10(3-4-12(11)20-15)16(23)21-17-19-7-8-25-17/h3-4,7-9,13,20H,5-6H2,1-2H3,(H,19,21,23). The number of anilines is 1. The lowest BCUT2D eigenvalue weighted by Crippen LogP contribution is -2.25. The first-order chi connectivity index (χ1) is 12.0. The van der Waals surface area contributed by atoms with Gasteiger partial charge in [0.1, 0.15) is 6.04 Å². The fourth-order valence-electron chi connectivity index (χ4n) is 3.66. The SMILES string of the molecule is CC1(C)CCC(N=O)c2[nH]c3ccc(C(=O)Nc4nccs4)cc3c21.